The van der Waals surface area contributed by atoms with Crippen LogP contribution in [-0.2, 0) is 19.1 Å². The first-order valence-corrected chi connectivity index (χ1v) is 5.52. The fraction of sp³-hybridized carbons (Fsp3) is 0.727. The third-order valence-corrected chi connectivity index (χ3v) is 2.71. The number of nitrogens with one attached hydrogen (secondary N) is 2. The van der Waals surface area contributed by atoms with E-state index in [4.69, 9.17) is 4.74 Å². The van der Waals surface area contributed by atoms with Crippen molar-refractivity contribution in [2.24, 2.45) is 0 Å². The second-order valence-electron chi connectivity index (χ2n) is 4.71. The maximum Gasteiger partial charge on any atom is 0.249 e. The van der Waals surface area contributed by atoms with Crippen molar-refractivity contribution in [3.63, 3.8) is 0 Å². The fourth-order valence-corrected chi connectivity index (χ4v) is 1.54. The van der Waals surface area contributed by atoms with E-state index in [0.717, 1.165) is 0 Å². The Morgan fingerprint density at radius 3 is 2.71 bits per heavy atom. The van der Waals surface area contributed by atoms with Crippen molar-refractivity contribution < 1.29 is 19.1 Å². The molecule has 1 atom stereocenters. The minimum atomic E-state index is -0.618. The van der Waals surface area contributed by atoms with Crippen LogP contribution in [-0.4, -0.2) is 36.5 Å². The summed E-state index contributed by atoms with van der Waals surface area (Å²) in [5, 5.41) is 4.78. The first-order chi connectivity index (χ1) is 7.84. The predicted octanol–water partition coefficient (Wildman–Crippen LogP) is -0.277. The highest BCUT2D eigenvalue weighted by Crippen LogP contribution is 2.13. The van der Waals surface area contributed by atoms with Crippen LogP contribution in [0.5, 0.6) is 0 Å². The lowest BCUT2D eigenvalue weighted by molar-refractivity contribution is -0.138. The lowest BCUT2D eigenvalue weighted by Gasteiger charge is -2.25. The quantitative estimate of drug-likeness (QED) is 0.664. The van der Waals surface area contributed by atoms with Crippen molar-refractivity contribution in [1.82, 2.24) is 10.6 Å². The number of piperidine rings is 1. The number of hydrogen-bond acceptors (Lipinski definition) is 4. The van der Waals surface area contributed by atoms with Gasteiger partial charge in [0.25, 0.3) is 0 Å². The molecular weight excluding hydrogens is 224 g/mol. The van der Waals surface area contributed by atoms with E-state index in [-0.39, 0.29) is 24.7 Å². The summed E-state index contributed by atoms with van der Waals surface area (Å²) in [7, 11) is 1.53. The number of carbonyl (C=O) groups is 3. The lowest BCUT2D eigenvalue weighted by atomic mass is 10.0. The van der Waals surface area contributed by atoms with Crippen LogP contribution < -0.4 is 10.6 Å². The van der Waals surface area contributed by atoms with Gasteiger partial charge in [-0.2, -0.15) is 0 Å². The molecule has 1 heterocycles. The summed E-state index contributed by atoms with van der Waals surface area (Å²) in [6, 6.07) is -0.618. The second-order valence-corrected chi connectivity index (χ2v) is 4.71. The number of amides is 3. The third kappa shape index (κ3) is 4.14. The molecule has 6 nitrogen and oxygen atoms in total. The van der Waals surface area contributed by atoms with Crippen molar-refractivity contribution in [1.29, 1.82) is 0 Å². The summed E-state index contributed by atoms with van der Waals surface area (Å²) in [5.41, 5.74) is -0.564. The van der Waals surface area contributed by atoms with Crippen molar-refractivity contribution >= 4 is 17.7 Å². The first kappa shape index (κ1) is 13.6. The maximum atomic E-state index is 11.7. The lowest BCUT2D eigenvalue weighted by Crippen LogP contribution is -2.53. The molecule has 17 heavy (non-hydrogen) atoms. The van der Waals surface area contributed by atoms with Gasteiger partial charge in [-0.25, -0.2) is 0 Å². The van der Waals surface area contributed by atoms with E-state index in [2.05, 4.69) is 10.6 Å². The van der Waals surface area contributed by atoms with Crippen molar-refractivity contribution in [2.45, 2.75) is 44.8 Å². The number of carbonyl (C=O) groups excluding carboxylic acids is 3. The average molecular weight is 242 g/mol. The SMILES string of the molecule is COC(C)(C)CC(=O)NC1CCC(=O)NC1=O. The van der Waals surface area contributed by atoms with Gasteiger partial charge in [-0.3, -0.25) is 19.7 Å². The van der Waals surface area contributed by atoms with Gasteiger partial charge >= 0.3 is 0 Å². The molecule has 1 fully saturated rings. The van der Waals surface area contributed by atoms with Crippen LogP contribution in [0.2, 0.25) is 0 Å². The Kier molecular flexibility index (Phi) is 4.22. The molecule has 0 saturated carbocycles. The van der Waals surface area contributed by atoms with E-state index < -0.39 is 17.6 Å². The Morgan fingerprint density at radius 2 is 2.18 bits per heavy atom. The number of rotatable bonds is 4. The highest BCUT2D eigenvalue weighted by atomic mass is 16.5. The normalized spacial score (nSPS) is 21.0. The van der Waals surface area contributed by atoms with Gasteiger partial charge in [0.05, 0.1) is 12.0 Å². The molecule has 1 aliphatic rings. The molecule has 0 bridgehead atoms. The Hall–Kier alpha value is -1.43. The molecule has 6 heteroatoms. The zero-order chi connectivity index (χ0) is 13.1. The van der Waals surface area contributed by atoms with Crippen LogP contribution in [0.25, 0.3) is 0 Å². The van der Waals surface area contributed by atoms with Crippen LogP contribution in [0.4, 0.5) is 0 Å². The van der Waals surface area contributed by atoms with Gasteiger partial charge in [0, 0.05) is 13.5 Å². The summed E-state index contributed by atoms with van der Waals surface area (Å²) >= 11 is 0. The van der Waals surface area contributed by atoms with Crippen LogP contribution >= 0.6 is 0 Å². The van der Waals surface area contributed by atoms with E-state index in [1.807, 2.05) is 0 Å². The van der Waals surface area contributed by atoms with Crippen molar-refractivity contribution in [2.75, 3.05) is 7.11 Å². The highest BCUT2D eigenvalue weighted by Gasteiger charge is 2.29. The minimum Gasteiger partial charge on any atom is -0.378 e. The summed E-state index contributed by atoms with van der Waals surface area (Å²) in [4.78, 5) is 34.0. The molecule has 96 valence electrons. The van der Waals surface area contributed by atoms with Gasteiger partial charge in [-0.05, 0) is 20.3 Å². The minimum absolute atomic E-state index is 0.168. The summed E-state index contributed by atoms with van der Waals surface area (Å²) in [6.45, 7) is 3.58. The zero-order valence-electron chi connectivity index (χ0n) is 10.3. The van der Waals surface area contributed by atoms with Gasteiger partial charge in [-0.1, -0.05) is 0 Å². The van der Waals surface area contributed by atoms with Gasteiger partial charge in [0.1, 0.15) is 6.04 Å². The van der Waals surface area contributed by atoms with Crippen LogP contribution in [0, 0.1) is 0 Å². The Morgan fingerprint density at radius 1 is 1.53 bits per heavy atom. The fourth-order valence-electron chi connectivity index (χ4n) is 1.54. The second kappa shape index (κ2) is 5.27. The van der Waals surface area contributed by atoms with Crippen molar-refractivity contribution in [3.8, 4) is 0 Å². The largest absolute Gasteiger partial charge is 0.378 e. The Bertz CT molecular complexity index is 338. The van der Waals surface area contributed by atoms with Crippen LogP contribution in [0.15, 0.2) is 0 Å². The zero-order valence-corrected chi connectivity index (χ0v) is 10.3. The third-order valence-electron chi connectivity index (χ3n) is 2.71. The molecule has 1 aliphatic heterocycles. The number of methoxy groups -OCH3 is 1. The molecule has 3 amide bonds. The molecule has 0 spiro atoms. The Balaban J connectivity index is 2.46. The summed E-state index contributed by atoms with van der Waals surface area (Å²) in [5.74, 6) is -0.992. The van der Waals surface area contributed by atoms with Crippen LogP contribution in [0.1, 0.15) is 33.1 Å². The molecule has 1 rings (SSSR count). The molecule has 0 radical (unpaired) electrons. The Labute approximate surface area is 100 Å². The molecular formula is C11H18N2O4. The monoisotopic (exact) mass is 242 g/mol. The van der Waals surface area contributed by atoms with Crippen molar-refractivity contribution in [3.05, 3.63) is 0 Å². The molecule has 1 unspecified atom stereocenters. The van der Waals surface area contributed by atoms with Gasteiger partial charge in [0.2, 0.25) is 17.7 Å². The van der Waals surface area contributed by atoms with Gasteiger partial charge < -0.3 is 10.1 Å². The highest BCUT2D eigenvalue weighted by molar-refractivity contribution is 6.01. The van der Waals surface area contributed by atoms with Gasteiger partial charge in [-0.15, -0.1) is 0 Å². The first-order valence-electron chi connectivity index (χ1n) is 5.52. The number of imide groups is 1. The number of ether oxygens (including phenoxy) is 1. The standard InChI is InChI=1S/C11H18N2O4/c1-11(2,17-3)6-9(15)12-7-4-5-8(14)13-10(7)16/h7H,4-6H2,1-3H3,(H,12,15)(H,13,14,16). The summed E-state index contributed by atoms with van der Waals surface area (Å²) in [6.07, 6.45) is 0.773. The summed E-state index contributed by atoms with van der Waals surface area (Å²) < 4.78 is 5.13. The molecule has 0 aromatic rings. The van der Waals surface area contributed by atoms with Crippen LogP contribution in [0.3, 0.4) is 0 Å². The average Bonchev–Trinajstić information content (AvgIpc) is 2.21. The van der Waals surface area contributed by atoms with E-state index in [0.29, 0.717) is 6.42 Å². The van der Waals surface area contributed by atoms with E-state index >= 15 is 0 Å². The molecule has 0 aromatic carbocycles. The smallest absolute Gasteiger partial charge is 0.249 e. The van der Waals surface area contributed by atoms with E-state index in [9.17, 15) is 14.4 Å². The molecule has 0 aliphatic carbocycles. The topological polar surface area (TPSA) is 84.5 Å². The number of hydrogen-bond donors (Lipinski definition) is 2. The van der Waals surface area contributed by atoms with Gasteiger partial charge in [0.15, 0.2) is 0 Å². The van der Waals surface area contributed by atoms with E-state index in [1.54, 1.807) is 13.8 Å². The molecule has 1 saturated heterocycles. The molecule has 2 N–H and O–H groups in total. The maximum absolute atomic E-state index is 11.7. The predicted molar refractivity (Wildman–Crippen MR) is 60.0 cm³/mol. The molecule has 0 aromatic heterocycles. The van der Waals surface area contributed by atoms with E-state index in [1.165, 1.54) is 7.11 Å².